The van der Waals surface area contributed by atoms with E-state index in [9.17, 15) is 13.2 Å². The first-order valence-electron chi connectivity index (χ1n) is 5.21. The molecule has 4 nitrogen and oxygen atoms in total. The van der Waals surface area contributed by atoms with Gasteiger partial charge in [-0.15, -0.1) is 0 Å². The lowest BCUT2D eigenvalue weighted by molar-refractivity contribution is -0.135. The number of alkyl halides is 3. The molecule has 0 aliphatic rings. The molecule has 2 N–H and O–H groups in total. The molecule has 0 aromatic carbocycles. The molecular formula is C10H10ClF3N4. The zero-order chi connectivity index (χ0) is 13.3. The normalized spacial score (nSPS) is 12.2. The molecule has 0 spiro atoms. The van der Waals surface area contributed by atoms with Gasteiger partial charge in [-0.3, -0.25) is 4.57 Å². The third kappa shape index (κ3) is 2.84. The second-order valence-corrected chi connectivity index (χ2v) is 4.27. The molecule has 2 aromatic rings. The third-order valence-electron chi connectivity index (χ3n) is 2.42. The van der Waals surface area contributed by atoms with Crippen molar-refractivity contribution in [1.29, 1.82) is 0 Å². The van der Waals surface area contributed by atoms with E-state index in [0.717, 1.165) is 0 Å². The summed E-state index contributed by atoms with van der Waals surface area (Å²) in [6, 6.07) is 1.57. The number of nitrogen functional groups attached to an aromatic ring is 1. The monoisotopic (exact) mass is 278 g/mol. The van der Waals surface area contributed by atoms with Gasteiger partial charge in [-0.1, -0.05) is 11.6 Å². The van der Waals surface area contributed by atoms with Gasteiger partial charge >= 0.3 is 6.18 Å². The molecule has 98 valence electrons. The fourth-order valence-corrected chi connectivity index (χ4v) is 1.81. The molecule has 8 heteroatoms. The molecule has 0 radical (unpaired) electrons. The van der Waals surface area contributed by atoms with Gasteiger partial charge in [-0.2, -0.15) is 13.2 Å². The summed E-state index contributed by atoms with van der Waals surface area (Å²) < 4.78 is 37.6. The van der Waals surface area contributed by atoms with Crippen molar-refractivity contribution in [2.24, 2.45) is 0 Å². The summed E-state index contributed by atoms with van der Waals surface area (Å²) in [5.74, 6) is 0.141. The number of aromatic nitrogens is 3. The van der Waals surface area contributed by atoms with E-state index in [4.69, 9.17) is 17.3 Å². The van der Waals surface area contributed by atoms with Crippen LogP contribution in [-0.4, -0.2) is 20.7 Å². The van der Waals surface area contributed by atoms with Crippen molar-refractivity contribution >= 4 is 28.7 Å². The highest BCUT2D eigenvalue weighted by Gasteiger charge is 2.26. The first kappa shape index (κ1) is 12.9. The van der Waals surface area contributed by atoms with E-state index in [1.54, 1.807) is 6.07 Å². The van der Waals surface area contributed by atoms with Crippen LogP contribution in [-0.2, 0) is 6.54 Å². The summed E-state index contributed by atoms with van der Waals surface area (Å²) in [7, 11) is 0. The second-order valence-electron chi connectivity index (χ2n) is 3.84. The predicted octanol–water partition coefficient (Wildman–Crippen LogP) is 3.01. The Kier molecular flexibility index (Phi) is 3.34. The summed E-state index contributed by atoms with van der Waals surface area (Å²) in [6.45, 7) is 0.122. The SMILES string of the molecule is Nc1nc2cc(Cl)cnc2n1CCCC(F)(F)F. The largest absolute Gasteiger partial charge is 0.389 e. The van der Waals surface area contributed by atoms with E-state index >= 15 is 0 Å². The van der Waals surface area contributed by atoms with Gasteiger partial charge in [0.05, 0.1) is 5.02 Å². The zero-order valence-corrected chi connectivity index (χ0v) is 9.96. The summed E-state index contributed by atoms with van der Waals surface area (Å²) >= 11 is 5.74. The van der Waals surface area contributed by atoms with Crippen LogP contribution < -0.4 is 5.73 Å². The first-order chi connectivity index (χ1) is 8.37. The molecule has 0 aliphatic carbocycles. The van der Waals surface area contributed by atoms with Gasteiger partial charge in [0, 0.05) is 19.2 Å². The Hall–Kier alpha value is -1.50. The maximum atomic E-state index is 12.1. The molecule has 2 heterocycles. The van der Waals surface area contributed by atoms with Crippen LogP contribution in [0.25, 0.3) is 11.2 Å². The number of hydrogen-bond acceptors (Lipinski definition) is 3. The minimum atomic E-state index is -4.16. The highest BCUT2D eigenvalue weighted by molar-refractivity contribution is 6.31. The molecule has 0 unspecified atom stereocenters. The summed E-state index contributed by atoms with van der Waals surface area (Å²) in [5.41, 5.74) is 6.56. The molecule has 0 atom stereocenters. The molecule has 18 heavy (non-hydrogen) atoms. The molecule has 0 amide bonds. The Balaban J connectivity index is 2.20. The number of rotatable bonds is 3. The Labute approximate surface area is 106 Å². The minimum Gasteiger partial charge on any atom is -0.369 e. The number of imidazole rings is 1. The Morgan fingerprint density at radius 1 is 1.39 bits per heavy atom. The number of pyridine rings is 1. The number of halogens is 4. The number of nitrogens with two attached hydrogens (primary N) is 1. The standard InChI is InChI=1S/C10H10ClF3N4/c11-6-4-7-8(16-5-6)18(9(15)17-7)3-1-2-10(12,13)14/h4-5H,1-3H2,(H2,15,17). The van der Waals surface area contributed by atoms with Gasteiger partial charge in [0.25, 0.3) is 0 Å². The smallest absolute Gasteiger partial charge is 0.369 e. The van der Waals surface area contributed by atoms with E-state index in [1.165, 1.54) is 10.8 Å². The minimum absolute atomic E-state index is 0.0660. The van der Waals surface area contributed by atoms with Gasteiger partial charge in [0.2, 0.25) is 5.95 Å². The van der Waals surface area contributed by atoms with Gasteiger partial charge in [0.1, 0.15) is 5.52 Å². The van der Waals surface area contributed by atoms with Crippen molar-refractivity contribution in [3.05, 3.63) is 17.3 Å². The van der Waals surface area contributed by atoms with E-state index in [0.29, 0.717) is 16.2 Å². The molecule has 0 bridgehead atoms. The van der Waals surface area contributed by atoms with E-state index in [-0.39, 0.29) is 18.9 Å². The van der Waals surface area contributed by atoms with Crippen LogP contribution in [0.3, 0.4) is 0 Å². The summed E-state index contributed by atoms with van der Waals surface area (Å²) in [6.07, 6.45) is -3.68. The van der Waals surface area contributed by atoms with Crippen LogP contribution in [0.2, 0.25) is 5.02 Å². The molecule has 2 rings (SSSR count). The van der Waals surface area contributed by atoms with Crippen LogP contribution in [0.4, 0.5) is 19.1 Å². The Morgan fingerprint density at radius 3 is 2.78 bits per heavy atom. The molecule has 0 fully saturated rings. The third-order valence-corrected chi connectivity index (χ3v) is 2.63. The second kappa shape index (κ2) is 4.64. The van der Waals surface area contributed by atoms with E-state index < -0.39 is 12.6 Å². The summed E-state index contributed by atoms with van der Waals surface area (Å²) in [4.78, 5) is 8.03. The number of hydrogen-bond donors (Lipinski definition) is 1. The van der Waals surface area contributed by atoms with Crippen LogP contribution >= 0.6 is 11.6 Å². The highest BCUT2D eigenvalue weighted by Crippen LogP contribution is 2.24. The molecular weight excluding hydrogens is 269 g/mol. The van der Waals surface area contributed by atoms with Crippen molar-refractivity contribution < 1.29 is 13.2 Å². The van der Waals surface area contributed by atoms with Crippen molar-refractivity contribution in [3.8, 4) is 0 Å². The maximum Gasteiger partial charge on any atom is 0.389 e. The number of aryl methyl sites for hydroxylation is 1. The van der Waals surface area contributed by atoms with Crippen molar-refractivity contribution in [3.63, 3.8) is 0 Å². The Morgan fingerprint density at radius 2 is 2.11 bits per heavy atom. The number of fused-ring (bicyclic) bond motifs is 1. The molecule has 0 saturated carbocycles. The maximum absolute atomic E-state index is 12.1. The van der Waals surface area contributed by atoms with Gasteiger partial charge in [-0.25, -0.2) is 9.97 Å². The fraction of sp³-hybridized carbons (Fsp3) is 0.400. The lowest BCUT2D eigenvalue weighted by atomic mass is 10.3. The quantitative estimate of drug-likeness (QED) is 0.939. The molecule has 0 aliphatic heterocycles. The van der Waals surface area contributed by atoms with Gasteiger partial charge in [0.15, 0.2) is 5.65 Å². The van der Waals surface area contributed by atoms with Gasteiger partial charge < -0.3 is 5.73 Å². The fourth-order valence-electron chi connectivity index (χ4n) is 1.66. The lowest BCUT2D eigenvalue weighted by Crippen LogP contribution is -2.10. The highest BCUT2D eigenvalue weighted by atomic mass is 35.5. The van der Waals surface area contributed by atoms with Crippen molar-refractivity contribution in [2.75, 3.05) is 5.73 Å². The lowest BCUT2D eigenvalue weighted by Gasteiger charge is -2.08. The van der Waals surface area contributed by atoms with E-state index in [2.05, 4.69) is 9.97 Å². The van der Waals surface area contributed by atoms with E-state index in [1.807, 2.05) is 0 Å². The average Bonchev–Trinajstić information content (AvgIpc) is 2.52. The molecule has 0 saturated heterocycles. The van der Waals surface area contributed by atoms with Gasteiger partial charge in [-0.05, 0) is 12.5 Å². The topological polar surface area (TPSA) is 56.7 Å². The average molecular weight is 279 g/mol. The Bertz CT molecular complexity index is 564. The van der Waals surface area contributed by atoms with Crippen LogP contribution in [0.15, 0.2) is 12.3 Å². The van der Waals surface area contributed by atoms with Crippen molar-refractivity contribution in [2.45, 2.75) is 25.6 Å². The predicted molar refractivity (Wildman–Crippen MR) is 62.2 cm³/mol. The van der Waals surface area contributed by atoms with Crippen LogP contribution in [0.5, 0.6) is 0 Å². The first-order valence-corrected chi connectivity index (χ1v) is 5.58. The number of anilines is 1. The summed E-state index contributed by atoms with van der Waals surface area (Å²) in [5, 5.41) is 0.405. The zero-order valence-electron chi connectivity index (χ0n) is 9.21. The van der Waals surface area contributed by atoms with Crippen molar-refractivity contribution in [1.82, 2.24) is 14.5 Å². The number of nitrogens with zero attached hydrogens (tertiary/aromatic N) is 3. The molecule has 2 aromatic heterocycles. The van der Waals surface area contributed by atoms with Crippen LogP contribution in [0.1, 0.15) is 12.8 Å². The van der Waals surface area contributed by atoms with Crippen LogP contribution in [0, 0.1) is 0 Å².